The van der Waals surface area contributed by atoms with Gasteiger partial charge in [-0.2, -0.15) is 0 Å². The number of methoxy groups -OCH3 is 1. The van der Waals surface area contributed by atoms with E-state index < -0.39 is 23.7 Å². The number of rotatable bonds is 3. The Morgan fingerprint density at radius 2 is 1.93 bits per heavy atom. The van der Waals surface area contributed by atoms with Gasteiger partial charge in [0.2, 0.25) is 0 Å². The Bertz CT molecular complexity index is 237. The van der Waals surface area contributed by atoms with Crippen molar-refractivity contribution in [3.05, 3.63) is 0 Å². The molecule has 0 aliphatic rings. The number of amides is 1. The highest BCUT2D eigenvalue weighted by Gasteiger charge is 2.23. The van der Waals surface area contributed by atoms with Gasteiger partial charge in [0.05, 0.1) is 7.11 Å². The zero-order chi connectivity index (χ0) is 12.1. The molecule has 0 unspecified atom stereocenters. The number of alkyl halides is 1. The largest absolute Gasteiger partial charge is 0.467 e. The second kappa shape index (κ2) is 5.95. The number of hydrogen-bond donors (Lipinski definition) is 1. The van der Waals surface area contributed by atoms with Gasteiger partial charge < -0.3 is 14.8 Å². The highest BCUT2D eigenvalue weighted by atomic mass is 79.9. The molecule has 15 heavy (non-hydrogen) atoms. The monoisotopic (exact) mass is 281 g/mol. The van der Waals surface area contributed by atoms with Gasteiger partial charge in [-0.3, -0.25) is 0 Å². The molecule has 0 aliphatic carbocycles. The van der Waals surface area contributed by atoms with Gasteiger partial charge in [-0.25, -0.2) is 9.59 Å². The van der Waals surface area contributed by atoms with Gasteiger partial charge in [0.25, 0.3) is 0 Å². The molecular formula is C9H16BrNO4. The van der Waals surface area contributed by atoms with Crippen molar-refractivity contribution in [1.82, 2.24) is 5.32 Å². The molecule has 6 heteroatoms. The van der Waals surface area contributed by atoms with Crippen LogP contribution in [0.15, 0.2) is 0 Å². The molecule has 1 N–H and O–H groups in total. The van der Waals surface area contributed by atoms with E-state index in [1.54, 1.807) is 20.8 Å². The van der Waals surface area contributed by atoms with E-state index in [4.69, 9.17) is 4.74 Å². The Morgan fingerprint density at radius 1 is 1.40 bits per heavy atom. The van der Waals surface area contributed by atoms with Crippen LogP contribution in [-0.4, -0.2) is 36.1 Å². The standard InChI is InChI=1S/C9H16BrNO4/c1-9(2,3)15-8(13)11-6(5-10)7(12)14-4/h6H,5H2,1-4H3,(H,11,13)/t6-/m0/s1. The van der Waals surface area contributed by atoms with Crippen LogP contribution in [0.3, 0.4) is 0 Å². The van der Waals surface area contributed by atoms with Crippen LogP contribution in [0.1, 0.15) is 20.8 Å². The molecule has 0 rings (SSSR count). The minimum Gasteiger partial charge on any atom is -0.467 e. The first-order valence-corrected chi connectivity index (χ1v) is 5.55. The molecule has 0 fully saturated rings. The zero-order valence-corrected chi connectivity index (χ0v) is 10.9. The van der Waals surface area contributed by atoms with E-state index in [9.17, 15) is 9.59 Å². The molecule has 0 aromatic heterocycles. The van der Waals surface area contributed by atoms with E-state index in [1.807, 2.05) is 0 Å². The van der Waals surface area contributed by atoms with Crippen LogP contribution in [0, 0.1) is 0 Å². The van der Waals surface area contributed by atoms with E-state index in [0.717, 1.165) is 0 Å². The van der Waals surface area contributed by atoms with Crippen LogP contribution in [-0.2, 0) is 14.3 Å². The summed E-state index contributed by atoms with van der Waals surface area (Å²) in [7, 11) is 1.26. The lowest BCUT2D eigenvalue weighted by molar-refractivity contribution is -0.142. The van der Waals surface area contributed by atoms with Gasteiger partial charge in [-0.1, -0.05) is 15.9 Å². The average molecular weight is 282 g/mol. The van der Waals surface area contributed by atoms with Gasteiger partial charge in [0, 0.05) is 5.33 Å². The van der Waals surface area contributed by atoms with Gasteiger partial charge in [-0.05, 0) is 20.8 Å². The van der Waals surface area contributed by atoms with Crippen molar-refractivity contribution < 1.29 is 19.1 Å². The molecule has 0 spiro atoms. The molecule has 88 valence electrons. The molecule has 0 aromatic rings. The van der Waals surface area contributed by atoms with Crippen LogP contribution in [0.4, 0.5) is 4.79 Å². The molecule has 1 atom stereocenters. The Balaban J connectivity index is 4.20. The number of nitrogens with one attached hydrogen (secondary N) is 1. The minimum absolute atomic E-state index is 0.277. The highest BCUT2D eigenvalue weighted by Crippen LogP contribution is 2.07. The third-order valence-electron chi connectivity index (χ3n) is 1.33. The van der Waals surface area contributed by atoms with E-state index >= 15 is 0 Å². The summed E-state index contributed by atoms with van der Waals surface area (Å²) < 4.78 is 9.48. The second-order valence-electron chi connectivity index (χ2n) is 3.88. The van der Waals surface area contributed by atoms with Gasteiger partial charge >= 0.3 is 12.1 Å². The van der Waals surface area contributed by atoms with E-state index in [2.05, 4.69) is 26.0 Å². The second-order valence-corrected chi connectivity index (χ2v) is 4.52. The molecule has 0 aliphatic heterocycles. The first-order chi connectivity index (χ1) is 6.80. The normalized spacial score (nSPS) is 12.9. The maximum atomic E-state index is 11.3. The number of carbonyl (C=O) groups excluding carboxylic acids is 2. The van der Waals surface area contributed by atoms with Crippen molar-refractivity contribution in [1.29, 1.82) is 0 Å². The molecular weight excluding hydrogens is 266 g/mol. The molecule has 5 nitrogen and oxygen atoms in total. The minimum atomic E-state index is -0.732. The molecule has 0 heterocycles. The van der Waals surface area contributed by atoms with E-state index in [-0.39, 0.29) is 5.33 Å². The first kappa shape index (κ1) is 14.2. The molecule has 0 saturated heterocycles. The number of hydrogen-bond acceptors (Lipinski definition) is 4. The van der Waals surface area contributed by atoms with Crippen LogP contribution in [0.5, 0.6) is 0 Å². The lowest BCUT2D eigenvalue weighted by Gasteiger charge is -2.21. The summed E-state index contributed by atoms with van der Waals surface area (Å²) in [4.78, 5) is 22.4. The van der Waals surface area contributed by atoms with Crippen LogP contribution in [0.2, 0.25) is 0 Å². The lowest BCUT2D eigenvalue weighted by Crippen LogP contribution is -2.45. The molecule has 0 aromatic carbocycles. The van der Waals surface area contributed by atoms with Crippen molar-refractivity contribution in [3.63, 3.8) is 0 Å². The third-order valence-corrected chi connectivity index (χ3v) is 1.98. The summed E-state index contributed by atoms with van der Waals surface area (Å²) in [5.41, 5.74) is -0.586. The molecule has 0 saturated carbocycles. The Kier molecular flexibility index (Phi) is 5.64. The summed E-state index contributed by atoms with van der Waals surface area (Å²) in [5, 5.41) is 2.67. The topological polar surface area (TPSA) is 64.6 Å². The fraction of sp³-hybridized carbons (Fsp3) is 0.778. The molecule has 1 amide bonds. The maximum Gasteiger partial charge on any atom is 0.408 e. The predicted octanol–water partition coefficient (Wildman–Crippen LogP) is 1.45. The van der Waals surface area contributed by atoms with Crippen molar-refractivity contribution >= 4 is 28.0 Å². The van der Waals surface area contributed by atoms with E-state index in [1.165, 1.54) is 7.11 Å². The molecule has 0 bridgehead atoms. The fourth-order valence-electron chi connectivity index (χ4n) is 0.753. The lowest BCUT2D eigenvalue weighted by atomic mass is 10.2. The summed E-state index contributed by atoms with van der Waals surface area (Å²) in [5.74, 6) is -0.516. The van der Waals surface area contributed by atoms with Crippen LogP contribution in [0.25, 0.3) is 0 Å². The van der Waals surface area contributed by atoms with Crippen molar-refractivity contribution in [2.45, 2.75) is 32.4 Å². The van der Waals surface area contributed by atoms with Crippen LogP contribution >= 0.6 is 15.9 Å². The maximum absolute atomic E-state index is 11.3. The predicted molar refractivity (Wildman–Crippen MR) is 59.0 cm³/mol. The van der Waals surface area contributed by atoms with Crippen LogP contribution < -0.4 is 5.32 Å². The van der Waals surface area contributed by atoms with Gasteiger partial charge in [-0.15, -0.1) is 0 Å². The number of esters is 1. The summed E-state index contributed by atoms with van der Waals surface area (Å²) in [6.45, 7) is 5.23. The SMILES string of the molecule is COC(=O)[C@H](CBr)NC(=O)OC(C)(C)C. The smallest absolute Gasteiger partial charge is 0.408 e. The fourth-order valence-corrected chi connectivity index (χ4v) is 1.18. The Hall–Kier alpha value is -0.780. The average Bonchev–Trinajstić information content (AvgIpc) is 2.10. The summed E-state index contributed by atoms with van der Waals surface area (Å²) in [6, 6.07) is -0.732. The number of alkyl carbamates (subject to hydrolysis) is 1. The Morgan fingerprint density at radius 3 is 2.27 bits per heavy atom. The van der Waals surface area contributed by atoms with Crippen molar-refractivity contribution in [2.24, 2.45) is 0 Å². The van der Waals surface area contributed by atoms with Crippen molar-refractivity contribution in [2.75, 3.05) is 12.4 Å². The van der Waals surface area contributed by atoms with Gasteiger partial charge in [0.15, 0.2) is 0 Å². The number of carbonyl (C=O) groups is 2. The zero-order valence-electron chi connectivity index (χ0n) is 9.30. The first-order valence-electron chi connectivity index (χ1n) is 4.43. The molecule has 0 radical (unpaired) electrons. The highest BCUT2D eigenvalue weighted by molar-refractivity contribution is 9.09. The number of ether oxygens (including phenoxy) is 2. The van der Waals surface area contributed by atoms with E-state index in [0.29, 0.717) is 0 Å². The van der Waals surface area contributed by atoms with Crippen molar-refractivity contribution in [3.8, 4) is 0 Å². The third kappa shape index (κ3) is 6.33. The number of halogens is 1. The van der Waals surface area contributed by atoms with Gasteiger partial charge in [0.1, 0.15) is 11.6 Å². The quantitative estimate of drug-likeness (QED) is 0.628. The summed E-state index contributed by atoms with van der Waals surface area (Å²) in [6.07, 6.45) is -0.641. The summed E-state index contributed by atoms with van der Waals surface area (Å²) >= 11 is 3.09. The Labute approximate surface area is 97.6 Å².